The summed E-state index contributed by atoms with van der Waals surface area (Å²) in [5.74, 6) is -0.134. The quantitative estimate of drug-likeness (QED) is 0.431. The van der Waals surface area contributed by atoms with Crippen LogP contribution in [0, 0.1) is 17.0 Å². The van der Waals surface area contributed by atoms with Crippen LogP contribution in [-0.4, -0.2) is 39.5 Å². The van der Waals surface area contributed by atoms with Crippen LogP contribution in [0.25, 0.3) is 0 Å². The van der Waals surface area contributed by atoms with Gasteiger partial charge in [-0.15, -0.1) is 0 Å². The Hall–Kier alpha value is -2.09. The summed E-state index contributed by atoms with van der Waals surface area (Å²) in [7, 11) is 0. The lowest BCUT2D eigenvalue weighted by Gasteiger charge is -2.14. The molecule has 1 rings (SSSR count). The predicted octanol–water partition coefficient (Wildman–Crippen LogP) is 2.23. The van der Waals surface area contributed by atoms with E-state index in [0.29, 0.717) is 17.7 Å². The van der Waals surface area contributed by atoms with Crippen molar-refractivity contribution in [3.8, 4) is 0 Å². The maximum Gasteiger partial charge on any atom is 0.326 e. The lowest BCUT2D eigenvalue weighted by Crippen LogP contribution is -2.41. The summed E-state index contributed by atoms with van der Waals surface area (Å²) in [5.41, 5.74) is 0.481. The number of benzene rings is 1. The van der Waals surface area contributed by atoms with Crippen molar-refractivity contribution in [3.63, 3.8) is 0 Å². The number of aryl methyl sites for hydroxylation is 1. The molecule has 1 aromatic rings. The van der Waals surface area contributed by atoms with Crippen LogP contribution in [0.5, 0.6) is 0 Å². The van der Waals surface area contributed by atoms with E-state index in [4.69, 9.17) is 5.11 Å². The Morgan fingerprint density at radius 3 is 2.64 bits per heavy atom. The van der Waals surface area contributed by atoms with Crippen molar-refractivity contribution in [1.29, 1.82) is 0 Å². The van der Waals surface area contributed by atoms with E-state index >= 15 is 0 Å². The van der Waals surface area contributed by atoms with Gasteiger partial charge in [-0.2, -0.15) is 11.8 Å². The Morgan fingerprint density at radius 2 is 2.14 bits per heavy atom. The minimum absolute atomic E-state index is 0.0781. The summed E-state index contributed by atoms with van der Waals surface area (Å²) < 4.78 is 0. The van der Waals surface area contributed by atoms with Gasteiger partial charge >= 0.3 is 5.97 Å². The maximum atomic E-state index is 12.1. The Labute approximate surface area is 132 Å². The van der Waals surface area contributed by atoms with Crippen LogP contribution >= 0.6 is 11.8 Å². The number of nitro groups is 1. The van der Waals surface area contributed by atoms with E-state index in [1.165, 1.54) is 25.1 Å². The van der Waals surface area contributed by atoms with Gasteiger partial charge in [0.05, 0.1) is 4.92 Å². The van der Waals surface area contributed by atoms with Gasteiger partial charge in [-0.05, 0) is 37.0 Å². The molecule has 7 nitrogen and oxygen atoms in total. The molecule has 0 heterocycles. The monoisotopic (exact) mass is 326 g/mol. The van der Waals surface area contributed by atoms with Crippen molar-refractivity contribution >= 4 is 29.3 Å². The normalized spacial score (nSPS) is 11.7. The number of carboxylic acids is 1. The largest absolute Gasteiger partial charge is 0.480 e. The number of carbonyl (C=O) groups is 2. The molecule has 0 fully saturated rings. The number of nitro benzene ring substituents is 1. The third kappa shape index (κ3) is 5.03. The molecule has 1 atom stereocenters. The van der Waals surface area contributed by atoms with E-state index < -0.39 is 22.8 Å². The van der Waals surface area contributed by atoms with Gasteiger partial charge in [-0.3, -0.25) is 14.9 Å². The Kier molecular flexibility index (Phi) is 6.84. The van der Waals surface area contributed by atoms with E-state index in [1.807, 2.05) is 6.92 Å². The maximum absolute atomic E-state index is 12.1. The van der Waals surface area contributed by atoms with E-state index in [-0.39, 0.29) is 11.3 Å². The highest BCUT2D eigenvalue weighted by molar-refractivity contribution is 7.99. The lowest BCUT2D eigenvalue weighted by atomic mass is 10.1. The first-order chi connectivity index (χ1) is 10.4. The molecule has 0 saturated heterocycles. The fourth-order valence-electron chi connectivity index (χ4n) is 1.85. The molecule has 0 aromatic heterocycles. The van der Waals surface area contributed by atoms with Crippen molar-refractivity contribution in [2.45, 2.75) is 26.3 Å². The van der Waals surface area contributed by atoms with Crippen LogP contribution in [0.3, 0.4) is 0 Å². The van der Waals surface area contributed by atoms with Gasteiger partial charge in [-0.25, -0.2) is 4.79 Å². The summed E-state index contributed by atoms with van der Waals surface area (Å²) in [5, 5.41) is 22.3. The minimum atomic E-state index is -1.09. The Balaban J connectivity index is 2.79. The van der Waals surface area contributed by atoms with Crippen molar-refractivity contribution in [1.82, 2.24) is 5.32 Å². The summed E-state index contributed by atoms with van der Waals surface area (Å²) in [6.07, 6.45) is 0.325. The van der Waals surface area contributed by atoms with Gasteiger partial charge in [0.25, 0.3) is 11.6 Å². The van der Waals surface area contributed by atoms with E-state index in [0.717, 1.165) is 5.75 Å². The number of nitrogens with zero attached hydrogens (tertiary/aromatic N) is 1. The molecule has 0 aliphatic heterocycles. The number of hydrogen-bond acceptors (Lipinski definition) is 5. The third-order valence-corrected chi connectivity index (χ3v) is 3.95. The molecule has 0 spiro atoms. The first-order valence-corrected chi connectivity index (χ1v) is 7.88. The zero-order valence-corrected chi connectivity index (χ0v) is 13.2. The second-order valence-electron chi connectivity index (χ2n) is 4.61. The van der Waals surface area contributed by atoms with Crippen LogP contribution in [0.15, 0.2) is 18.2 Å². The highest BCUT2D eigenvalue weighted by Gasteiger charge is 2.21. The standard InChI is InChI=1S/C14H18N2O5S/c1-3-22-7-6-11(14(18)19)15-13(17)10-4-5-12(16(20)21)9(2)8-10/h4-5,8,11H,3,6-7H2,1-2H3,(H,15,17)(H,18,19). The molecule has 0 bridgehead atoms. The van der Waals surface area contributed by atoms with Crippen molar-refractivity contribution in [2.75, 3.05) is 11.5 Å². The van der Waals surface area contributed by atoms with Crippen LogP contribution < -0.4 is 5.32 Å². The molecule has 1 aromatic carbocycles. The summed E-state index contributed by atoms with van der Waals surface area (Å²) in [4.78, 5) is 33.4. The van der Waals surface area contributed by atoms with Crippen LogP contribution in [0.4, 0.5) is 5.69 Å². The van der Waals surface area contributed by atoms with Crippen molar-refractivity contribution in [2.24, 2.45) is 0 Å². The highest BCUT2D eigenvalue weighted by Crippen LogP contribution is 2.19. The number of nitrogens with one attached hydrogen (secondary N) is 1. The Morgan fingerprint density at radius 1 is 1.45 bits per heavy atom. The molecule has 1 unspecified atom stereocenters. The third-order valence-electron chi connectivity index (χ3n) is 3.01. The lowest BCUT2D eigenvalue weighted by molar-refractivity contribution is -0.385. The molecule has 0 aliphatic carbocycles. The second-order valence-corrected chi connectivity index (χ2v) is 6.00. The smallest absolute Gasteiger partial charge is 0.326 e. The molecular formula is C14H18N2O5S. The first kappa shape index (κ1) is 18.0. The van der Waals surface area contributed by atoms with Gasteiger partial charge in [0.15, 0.2) is 0 Å². The molecule has 0 saturated carbocycles. The predicted molar refractivity (Wildman–Crippen MR) is 84.3 cm³/mol. The topological polar surface area (TPSA) is 110 Å². The van der Waals surface area contributed by atoms with Crippen molar-refractivity contribution in [3.05, 3.63) is 39.4 Å². The number of thioether (sulfide) groups is 1. The number of carboxylic acid groups (broad SMARTS) is 1. The van der Waals surface area contributed by atoms with Gasteiger partial charge < -0.3 is 10.4 Å². The van der Waals surface area contributed by atoms with Gasteiger partial charge in [0.1, 0.15) is 6.04 Å². The van der Waals surface area contributed by atoms with Crippen LogP contribution in [0.1, 0.15) is 29.3 Å². The average Bonchev–Trinajstić information content (AvgIpc) is 2.45. The Bertz CT molecular complexity index is 576. The van der Waals surface area contributed by atoms with Crippen molar-refractivity contribution < 1.29 is 19.6 Å². The van der Waals surface area contributed by atoms with E-state index in [2.05, 4.69) is 5.32 Å². The molecule has 0 aliphatic rings. The number of carbonyl (C=O) groups excluding carboxylic acids is 1. The minimum Gasteiger partial charge on any atom is -0.480 e. The zero-order valence-electron chi connectivity index (χ0n) is 12.4. The average molecular weight is 326 g/mol. The zero-order chi connectivity index (χ0) is 16.7. The molecule has 2 N–H and O–H groups in total. The van der Waals surface area contributed by atoms with Crippen LogP contribution in [-0.2, 0) is 4.79 Å². The molecule has 22 heavy (non-hydrogen) atoms. The summed E-state index contributed by atoms with van der Waals surface area (Å²) in [6.45, 7) is 3.50. The summed E-state index contributed by atoms with van der Waals surface area (Å²) in [6, 6.07) is 2.97. The fourth-order valence-corrected chi connectivity index (χ4v) is 2.54. The van der Waals surface area contributed by atoms with E-state index in [1.54, 1.807) is 11.8 Å². The number of hydrogen-bond donors (Lipinski definition) is 2. The molecule has 0 radical (unpaired) electrons. The van der Waals surface area contributed by atoms with Crippen LogP contribution in [0.2, 0.25) is 0 Å². The fraction of sp³-hybridized carbons (Fsp3) is 0.429. The second kappa shape index (κ2) is 8.38. The van der Waals surface area contributed by atoms with Gasteiger partial charge in [0, 0.05) is 17.2 Å². The van der Waals surface area contributed by atoms with Gasteiger partial charge in [-0.1, -0.05) is 6.92 Å². The molecule has 120 valence electrons. The number of amides is 1. The van der Waals surface area contributed by atoms with E-state index in [9.17, 15) is 19.7 Å². The SMILES string of the molecule is CCSCCC(NC(=O)c1ccc([N+](=O)[O-])c(C)c1)C(=O)O. The molecular weight excluding hydrogens is 308 g/mol. The summed E-state index contributed by atoms with van der Waals surface area (Å²) >= 11 is 1.59. The highest BCUT2D eigenvalue weighted by atomic mass is 32.2. The first-order valence-electron chi connectivity index (χ1n) is 6.73. The number of rotatable bonds is 8. The molecule has 1 amide bonds. The van der Waals surface area contributed by atoms with Gasteiger partial charge in [0.2, 0.25) is 0 Å². The molecule has 8 heteroatoms. The number of aliphatic carboxylic acids is 1.